The Morgan fingerprint density at radius 2 is 0.652 bits per heavy atom. The zero-order chi connectivity index (χ0) is 47.8. The Morgan fingerprint density at radius 1 is 0.379 bits per heavy atom. The van der Waals surface area contributed by atoms with Gasteiger partial charge in [0.25, 0.3) is 11.8 Å². The fourth-order valence-electron chi connectivity index (χ4n) is 6.83. The van der Waals surface area contributed by atoms with Gasteiger partial charge in [0.2, 0.25) is 0 Å². The van der Waals surface area contributed by atoms with Crippen molar-refractivity contribution in [3.05, 3.63) is 21.3 Å². The van der Waals surface area contributed by atoms with Crippen LogP contribution in [0.1, 0.15) is 83.1 Å². The second-order valence-electron chi connectivity index (χ2n) is 20.2. The molecular formula is C44H80N8Ni2O12. The fourth-order valence-corrected chi connectivity index (χ4v) is 6.83. The van der Waals surface area contributed by atoms with E-state index < -0.39 is 56.4 Å². The Kier molecular flexibility index (Phi) is 26.2. The van der Waals surface area contributed by atoms with Crippen molar-refractivity contribution in [1.29, 1.82) is 0 Å². The van der Waals surface area contributed by atoms with Crippen LogP contribution in [0.4, 0.5) is 0 Å². The molecular weight excluding hydrogens is 950 g/mol. The first-order valence-electron chi connectivity index (χ1n) is 22.5. The average Bonchev–Trinajstić information content (AvgIpc) is 3.17. The zero-order valence-corrected chi connectivity index (χ0v) is 43.4. The smallest absolute Gasteiger partial charge is 0.658 e. The van der Waals surface area contributed by atoms with Crippen LogP contribution in [0.15, 0.2) is 0 Å². The van der Waals surface area contributed by atoms with Gasteiger partial charge in [-0.3, -0.25) is 9.59 Å². The van der Waals surface area contributed by atoms with Crippen LogP contribution in [-0.2, 0) is 90.1 Å². The SMILES string of the molecule is CC1(C)CNC[C@@]2(C)OCCOCCOCCO[C@@]3(C)C[N-]CC(C)(C)NC(=O)[C@](C)(C[N-]CC(C)(C)NC3=O)OCCOCCOCCO[C@](C)(CNCC(C)(C)[N-]C2=O)C(=O)[N-]1.[Ni+2].[Ni+2]. The molecule has 6 rings (SSSR count). The molecule has 0 radical (unpaired) electrons. The van der Waals surface area contributed by atoms with Gasteiger partial charge in [-0.1, -0.05) is 38.8 Å². The molecule has 0 aromatic carbocycles. The molecule has 388 valence electrons. The van der Waals surface area contributed by atoms with Crippen molar-refractivity contribution >= 4 is 23.6 Å². The third-order valence-corrected chi connectivity index (χ3v) is 10.8. The predicted molar refractivity (Wildman–Crippen MR) is 242 cm³/mol. The maximum Gasteiger partial charge on any atom is 2.00 e. The first-order chi connectivity index (χ1) is 29.8. The van der Waals surface area contributed by atoms with Gasteiger partial charge in [0.1, 0.15) is 22.4 Å². The molecule has 0 aromatic heterocycles. The van der Waals surface area contributed by atoms with Gasteiger partial charge in [-0.2, -0.15) is 0 Å². The first-order valence-corrected chi connectivity index (χ1v) is 22.5. The normalized spacial score (nSPS) is 32.9. The van der Waals surface area contributed by atoms with E-state index in [0.717, 1.165) is 0 Å². The summed E-state index contributed by atoms with van der Waals surface area (Å²) in [7, 11) is 0. The quantitative estimate of drug-likeness (QED) is 0.255. The van der Waals surface area contributed by atoms with E-state index in [1.807, 2.05) is 55.4 Å². The maximum absolute atomic E-state index is 13.8. The van der Waals surface area contributed by atoms with Crippen molar-refractivity contribution in [2.75, 3.05) is 132 Å². The van der Waals surface area contributed by atoms with Gasteiger partial charge in [-0.25, -0.2) is 0 Å². The molecule has 22 heteroatoms. The molecule has 0 aliphatic carbocycles. The molecule has 0 spiro atoms. The second kappa shape index (κ2) is 27.7. The number of hydrogen-bond acceptors (Lipinski definition) is 14. The summed E-state index contributed by atoms with van der Waals surface area (Å²) in [5.74, 6) is -1.56. The summed E-state index contributed by atoms with van der Waals surface area (Å²) in [5.41, 5.74) is -8.62. The van der Waals surface area contributed by atoms with Crippen LogP contribution in [0.25, 0.3) is 21.3 Å². The molecule has 4 N–H and O–H groups in total. The molecule has 6 aliphatic rings. The third kappa shape index (κ3) is 21.6. The summed E-state index contributed by atoms with van der Waals surface area (Å²) in [5, 5.41) is 31.2. The summed E-state index contributed by atoms with van der Waals surface area (Å²) in [6.07, 6.45) is 0. The van der Waals surface area contributed by atoms with Gasteiger partial charge in [0, 0.05) is 24.2 Å². The Hall–Kier alpha value is -1.61. The molecule has 6 fully saturated rings. The van der Waals surface area contributed by atoms with Crippen molar-refractivity contribution in [3.63, 3.8) is 0 Å². The van der Waals surface area contributed by atoms with Crippen molar-refractivity contribution in [1.82, 2.24) is 21.3 Å². The molecule has 4 atom stereocenters. The number of amides is 4. The monoisotopic (exact) mass is 1030 g/mol. The first kappa shape index (κ1) is 62.4. The van der Waals surface area contributed by atoms with Crippen molar-refractivity contribution in [2.24, 2.45) is 0 Å². The van der Waals surface area contributed by atoms with Crippen LogP contribution in [-0.4, -0.2) is 200 Å². The van der Waals surface area contributed by atoms with E-state index in [1.165, 1.54) is 0 Å². The molecule has 6 heterocycles. The third-order valence-electron chi connectivity index (χ3n) is 10.8. The minimum Gasteiger partial charge on any atom is -0.658 e. The van der Waals surface area contributed by atoms with Crippen LogP contribution < -0.4 is 21.3 Å². The number of hydrogen-bond donors (Lipinski definition) is 4. The van der Waals surface area contributed by atoms with Gasteiger partial charge >= 0.3 is 33.0 Å². The molecule has 4 amide bonds. The average molecular weight is 1030 g/mol. The van der Waals surface area contributed by atoms with Crippen molar-refractivity contribution in [2.45, 2.75) is 128 Å². The van der Waals surface area contributed by atoms with Crippen molar-refractivity contribution in [3.8, 4) is 0 Å². The van der Waals surface area contributed by atoms with E-state index in [4.69, 9.17) is 48.5 Å². The molecule has 0 unspecified atom stereocenters. The van der Waals surface area contributed by atoms with Crippen LogP contribution in [0.3, 0.4) is 0 Å². The molecule has 0 aromatic rings. The fraction of sp³-hybridized carbons (Fsp3) is 0.909. The predicted octanol–water partition coefficient (Wildman–Crippen LogP) is 2.26. The summed E-state index contributed by atoms with van der Waals surface area (Å²) in [4.78, 5) is 55.1. The minimum atomic E-state index is -1.33. The Morgan fingerprint density at radius 3 is 0.955 bits per heavy atom. The maximum atomic E-state index is 13.8. The summed E-state index contributed by atoms with van der Waals surface area (Å²) in [6, 6.07) is 0. The standard InChI is InChI=1S/C44H82N8O12.2Ni/c1-37(2)25-45-29-42(10)34(54)50-38(3,4)26-46-30-41(9,33(53)49-37)61-21-17-57-13-14-59-19-23-63-43(11)31-47-27-40(7,8)52-36(56)44(12,32-48-28-39(5,6)51-35(43)55)64-24-20-60-16-15-58-18-22-62-42;;/h45-46H,13-32H2,1-12H3,(H4,49,50,51,52,53,54,55,56);;/q-2;2*+2/p-2/t41-,42-,43+,44+;;/m1../s1. The van der Waals surface area contributed by atoms with Gasteiger partial charge < -0.3 is 90.0 Å². The number of carbonyl (C=O) groups is 4. The number of carbonyl (C=O) groups excluding carboxylic acids is 4. The molecule has 0 saturated carbocycles. The van der Waals surface area contributed by atoms with Crippen LogP contribution in [0.5, 0.6) is 0 Å². The number of rotatable bonds is 0. The summed E-state index contributed by atoms with van der Waals surface area (Å²) in [6.45, 7) is 24.8. The molecule has 4 bridgehead atoms. The Labute approximate surface area is 413 Å². The Balaban J connectivity index is 0.0000109. The zero-order valence-electron chi connectivity index (χ0n) is 41.5. The van der Waals surface area contributed by atoms with E-state index >= 15 is 0 Å². The largest absolute Gasteiger partial charge is 2.00 e. The second-order valence-corrected chi connectivity index (χ2v) is 20.2. The van der Waals surface area contributed by atoms with Crippen LogP contribution in [0, 0.1) is 0 Å². The van der Waals surface area contributed by atoms with Gasteiger partial charge in [0.15, 0.2) is 0 Å². The molecule has 6 aliphatic heterocycles. The Bertz CT molecular complexity index is 1300. The van der Waals surface area contributed by atoms with E-state index in [1.54, 1.807) is 27.7 Å². The van der Waals surface area contributed by atoms with E-state index in [2.05, 4.69) is 31.9 Å². The van der Waals surface area contributed by atoms with E-state index in [-0.39, 0.29) is 176 Å². The topological polar surface area (TPSA) is 247 Å². The minimum absolute atomic E-state index is 0. The summed E-state index contributed by atoms with van der Waals surface area (Å²) >= 11 is 0. The van der Waals surface area contributed by atoms with E-state index in [9.17, 15) is 19.2 Å². The van der Waals surface area contributed by atoms with Gasteiger partial charge in [-0.15, -0.1) is 26.2 Å². The summed E-state index contributed by atoms with van der Waals surface area (Å²) < 4.78 is 47.7. The van der Waals surface area contributed by atoms with Gasteiger partial charge in [-0.05, 0) is 68.5 Å². The van der Waals surface area contributed by atoms with Crippen LogP contribution >= 0.6 is 0 Å². The number of nitrogens with one attached hydrogen (secondary N) is 4. The van der Waals surface area contributed by atoms with E-state index in [0.29, 0.717) is 0 Å². The van der Waals surface area contributed by atoms with Gasteiger partial charge in [0.05, 0.1) is 91.1 Å². The van der Waals surface area contributed by atoms with Crippen molar-refractivity contribution < 1.29 is 90.1 Å². The molecule has 20 nitrogen and oxygen atoms in total. The number of nitrogens with zero attached hydrogens (tertiary/aromatic N) is 4. The van der Waals surface area contributed by atoms with Crippen LogP contribution in [0.2, 0.25) is 0 Å². The number of ether oxygens (including phenoxy) is 8. The molecule has 66 heavy (non-hydrogen) atoms. The molecule has 6 saturated heterocycles.